The summed E-state index contributed by atoms with van der Waals surface area (Å²) in [5, 5.41) is 0. The standard InChI is InChI=1S/C12H14BrNO3/c1-16-12(15)8-6-10(13)11(14-7-8)17-9-4-2-3-5-9/h6-7,9H,2-5H2,1H3. The van der Waals surface area contributed by atoms with Gasteiger partial charge in [0.15, 0.2) is 0 Å². The highest BCUT2D eigenvalue weighted by Crippen LogP contribution is 2.28. The van der Waals surface area contributed by atoms with Crippen molar-refractivity contribution in [3.8, 4) is 5.88 Å². The zero-order valence-corrected chi connectivity index (χ0v) is 11.2. The van der Waals surface area contributed by atoms with Gasteiger partial charge in [0.05, 0.1) is 17.1 Å². The Bertz CT molecular complexity index is 416. The van der Waals surface area contributed by atoms with E-state index in [-0.39, 0.29) is 6.10 Å². The molecule has 17 heavy (non-hydrogen) atoms. The predicted molar refractivity (Wildman–Crippen MR) is 66.2 cm³/mol. The number of hydrogen-bond acceptors (Lipinski definition) is 4. The van der Waals surface area contributed by atoms with Gasteiger partial charge in [0.25, 0.3) is 0 Å². The molecule has 1 aromatic rings. The third-order valence-corrected chi connectivity index (χ3v) is 3.38. The maximum absolute atomic E-state index is 11.3. The number of hydrogen-bond donors (Lipinski definition) is 0. The minimum Gasteiger partial charge on any atom is -0.474 e. The second-order valence-corrected chi connectivity index (χ2v) is 4.88. The van der Waals surface area contributed by atoms with Crippen LogP contribution in [0.5, 0.6) is 5.88 Å². The first-order valence-corrected chi connectivity index (χ1v) is 6.40. The average Bonchev–Trinajstić information content (AvgIpc) is 2.83. The van der Waals surface area contributed by atoms with Crippen molar-refractivity contribution in [2.75, 3.05) is 7.11 Å². The second kappa shape index (κ2) is 5.49. The first-order chi connectivity index (χ1) is 8.20. The summed E-state index contributed by atoms with van der Waals surface area (Å²) in [7, 11) is 1.35. The number of carbonyl (C=O) groups excluding carboxylic acids is 1. The Morgan fingerprint density at radius 3 is 2.76 bits per heavy atom. The molecule has 1 heterocycles. The summed E-state index contributed by atoms with van der Waals surface area (Å²) in [5.41, 5.74) is 0.415. The monoisotopic (exact) mass is 299 g/mol. The lowest BCUT2D eigenvalue weighted by atomic mass is 10.3. The predicted octanol–water partition coefficient (Wildman–Crippen LogP) is 2.95. The maximum atomic E-state index is 11.3. The molecule has 5 heteroatoms. The fourth-order valence-corrected chi connectivity index (χ4v) is 2.35. The molecule has 0 unspecified atom stereocenters. The number of rotatable bonds is 3. The SMILES string of the molecule is COC(=O)c1cnc(OC2CCCC2)c(Br)c1. The van der Waals surface area contributed by atoms with E-state index in [1.165, 1.54) is 26.1 Å². The van der Waals surface area contributed by atoms with Crippen LogP contribution in [0.1, 0.15) is 36.0 Å². The molecule has 1 aliphatic rings. The van der Waals surface area contributed by atoms with Gasteiger partial charge >= 0.3 is 5.97 Å². The van der Waals surface area contributed by atoms with Gasteiger partial charge in [-0.25, -0.2) is 9.78 Å². The molecule has 0 aromatic carbocycles. The van der Waals surface area contributed by atoms with Gasteiger partial charge in [0, 0.05) is 6.20 Å². The van der Waals surface area contributed by atoms with Crippen molar-refractivity contribution in [2.24, 2.45) is 0 Å². The van der Waals surface area contributed by atoms with E-state index in [0.717, 1.165) is 12.8 Å². The molecule has 0 spiro atoms. The van der Waals surface area contributed by atoms with Gasteiger partial charge in [-0.05, 0) is 47.7 Å². The van der Waals surface area contributed by atoms with Gasteiger partial charge in [-0.15, -0.1) is 0 Å². The summed E-state index contributed by atoms with van der Waals surface area (Å²) in [5.74, 6) is 0.148. The normalized spacial score (nSPS) is 15.9. The Kier molecular flexibility index (Phi) is 3.99. The van der Waals surface area contributed by atoms with Gasteiger partial charge in [-0.2, -0.15) is 0 Å². The summed E-state index contributed by atoms with van der Waals surface area (Å²) in [6.07, 6.45) is 6.30. The maximum Gasteiger partial charge on any atom is 0.339 e. The first kappa shape index (κ1) is 12.4. The van der Waals surface area contributed by atoms with Crippen molar-refractivity contribution >= 4 is 21.9 Å². The lowest BCUT2D eigenvalue weighted by molar-refractivity contribution is 0.0600. The van der Waals surface area contributed by atoms with Crippen molar-refractivity contribution in [1.29, 1.82) is 0 Å². The second-order valence-electron chi connectivity index (χ2n) is 4.03. The molecule has 0 aliphatic heterocycles. The zero-order valence-electron chi connectivity index (χ0n) is 9.61. The lowest BCUT2D eigenvalue weighted by Gasteiger charge is -2.13. The average molecular weight is 300 g/mol. The van der Waals surface area contributed by atoms with Crippen LogP contribution in [0.25, 0.3) is 0 Å². The number of pyridine rings is 1. The molecule has 92 valence electrons. The highest BCUT2D eigenvalue weighted by Gasteiger charge is 2.19. The molecule has 0 saturated heterocycles. The Morgan fingerprint density at radius 1 is 1.47 bits per heavy atom. The van der Waals surface area contributed by atoms with Crippen LogP contribution in [0.2, 0.25) is 0 Å². The highest BCUT2D eigenvalue weighted by molar-refractivity contribution is 9.10. The van der Waals surface area contributed by atoms with Crippen LogP contribution < -0.4 is 4.74 Å². The van der Waals surface area contributed by atoms with Crippen LogP contribution >= 0.6 is 15.9 Å². The summed E-state index contributed by atoms with van der Waals surface area (Å²) >= 11 is 3.36. The van der Waals surface area contributed by atoms with Crippen LogP contribution in [-0.4, -0.2) is 24.2 Å². The number of esters is 1. The molecule has 1 aliphatic carbocycles. The van der Waals surface area contributed by atoms with E-state index in [9.17, 15) is 4.79 Å². The Balaban J connectivity index is 2.10. The summed E-state index contributed by atoms with van der Waals surface area (Å²) < 4.78 is 11.1. The van der Waals surface area contributed by atoms with Crippen molar-refractivity contribution < 1.29 is 14.3 Å². The van der Waals surface area contributed by atoms with E-state index in [2.05, 4.69) is 25.7 Å². The Hall–Kier alpha value is -1.10. The van der Waals surface area contributed by atoms with E-state index < -0.39 is 5.97 Å². The van der Waals surface area contributed by atoms with Crippen LogP contribution in [0, 0.1) is 0 Å². The van der Waals surface area contributed by atoms with Gasteiger partial charge in [-0.1, -0.05) is 0 Å². The van der Waals surface area contributed by atoms with E-state index in [0.29, 0.717) is 15.9 Å². The lowest BCUT2D eigenvalue weighted by Crippen LogP contribution is -2.12. The third kappa shape index (κ3) is 2.97. The quantitative estimate of drug-likeness (QED) is 0.805. The van der Waals surface area contributed by atoms with Gasteiger partial charge in [0.2, 0.25) is 5.88 Å². The van der Waals surface area contributed by atoms with Crippen molar-refractivity contribution in [3.05, 3.63) is 22.3 Å². The van der Waals surface area contributed by atoms with Crippen LogP contribution in [0.15, 0.2) is 16.7 Å². The van der Waals surface area contributed by atoms with Crippen molar-refractivity contribution in [1.82, 2.24) is 4.98 Å². The van der Waals surface area contributed by atoms with Gasteiger partial charge < -0.3 is 9.47 Å². The molecule has 0 atom stereocenters. The number of aromatic nitrogens is 1. The highest BCUT2D eigenvalue weighted by atomic mass is 79.9. The molecule has 0 N–H and O–H groups in total. The van der Waals surface area contributed by atoms with E-state index >= 15 is 0 Å². The van der Waals surface area contributed by atoms with Gasteiger partial charge in [0.1, 0.15) is 6.10 Å². The first-order valence-electron chi connectivity index (χ1n) is 5.61. The molecule has 1 saturated carbocycles. The number of carbonyl (C=O) groups is 1. The molecule has 0 amide bonds. The molecule has 2 rings (SSSR count). The van der Waals surface area contributed by atoms with Crippen LogP contribution in [0.3, 0.4) is 0 Å². The third-order valence-electron chi connectivity index (χ3n) is 2.81. The van der Waals surface area contributed by atoms with Crippen LogP contribution in [-0.2, 0) is 4.74 Å². The van der Waals surface area contributed by atoms with Crippen molar-refractivity contribution in [3.63, 3.8) is 0 Å². The Labute approximate surface area is 108 Å². The Morgan fingerprint density at radius 2 is 2.18 bits per heavy atom. The van der Waals surface area contributed by atoms with E-state index in [1.807, 2.05) is 0 Å². The molecule has 1 fully saturated rings. The van der Waals surface area contributed by atoms with Gasteiger partial charge in [-0.3, -0.25) is 0 Å². The molecule has 1 aromatic heterocycles. The summed E-state index contributed by atoms with van der Waals surface area (Å²) in [4.78, 5) is 15.4. The molecular weight excluding hydrogens is 286 g/mol. The van der Waals surface area contributed by atoms with E-state index in [1.54, 1.807) is 6.07 Å². The minimum absolute atomic E-state index is 0.253. The number of methoxy groups -OCH3 is 1. The summed E-state index contributed by atoms with van der Waals surface area (Å²) in [6, 6.07) is 1.67. The van der Waals surface area contributed by atoms with E-state index in [4.69, 9.17) is 4.74 Å². The molecular formula is C12H14BrNO3. The summed E-state index contributed by atoms with van der Waals surface area (Å²) in [6.45, 7) is 0. The zero-order chi connectivity index (χ0) is 12.3. The van der Waals surface area contributed by atoms with Crippen molar-refractivity contribution in [2.45, 2.75) is 31.8 Å². The molecule has 0 bridgehead atoms. The fraction of sp³-hybridized carbons (Fsp3) is 0.500. The van der Waals surface area contributed by atoms with Crippen LogP contribution in [0.4, 0.5) is 0 Å². The fourth-order valence-electron chi connectivity index (χ4n) is 1.91. The largest absolute Gasteiger partial charge is 0.474 e. The molecule has 0 radical (unpaired) electrons. The molecule has 4 nitrogen and oxygen atoms in total. The number of nitrogens with zero attached hydrogens (tertiary/aromatic N) is 1. The number of halogens is 1. The smallest absolute Gasteiger partial charge is 0.339 e. The minimum atomic E-state index is -0.398. The number of ether oxygens (including phenoxy) is 2. The topological polar surface area (TPSA) is 48.4 Å².